The zero-order valence-corrected chi connectivity index (χ0v) is 11.0. The Morgan fingerprint density at radius 2 is 2.05 bits per heavy atom. The first kappa shape index (κ1) is 14.1. The number of carbonyl (C=O) groups excluding carboxylic acids is 2. The molecule has 20 heavy (non-hydrogen) atoms. The summed E-state index contributed by atoms with van der Waals surface area (Å²) in [7, 11) is 0. The molecule has 0 saturated carbocycles. The van der Waals surface area contributed by atoms with Crippen LogP contribution in [0.5, 0.6) is 11.5 Å². The van der Waals surface area contributed by atoms with E-state index in [1.165, 1.54) is 0 Å². The van der Waals surface area contributed by atoms with Crippen molar-refractivity contribution in [2.75, 3.05) is 18.7 Å². The highest BCUT2D eigenvalue weighted by Gasteiger charge is 2.19. The number of hydrogen-bond donors (Lipinski definition) is 3. The van der Waals surface area contributed by atoms with Crippen molar-refractivity contribution in [3.63, 3.8) is 0 Å². The van der Waals surface area contributed by atoms with Crippen molar-refractivity contribution in [1.82, 2.24) is 5.32 Å². The predicted octanol–water partition coefficient (Wildman–Crippen LogP) is 0.241. The summed E-state index contributed by atoms with van der Waals surface area (Å²) in [5.74, 6) is -0.469. The van der Waals surface area contributed by atoms with Gasteiger partial charge in [-0.05, 0) is 18.6 Å². The van der Waals surface area contributed by atoms with E-state index < -0.39 is 17.9 Å². The summed E-state index contributed by atoms with van der Waals surface area (Å²) >= 11 is 0. The van der Waals surface area contributed by atoms with Gasteiger partial charge in [0.05, 0.1) is 12.6 Å². The van der Waals surface area contributed by atoms with Crippen molar-refractivity contribution in [1.29, 1.82) is 0 Å². The van der Waals surface area contributed by atoms with E-state index in [4.69, 9.17) is 14.6 Å². The number of fused-ring (bicyclic) bond motifs is 1. The molecule has 0 unspecified atom stereocenters. The van der Waals surface area contributed by atoms with E-state index in [0.717, 1.165) is 0 Å². The Hall–Kier alpha value is -2.28. The largest absolute Gasteiger partial charge is 0.454 e. The third-order valence-corrected chi connectivity index (χ3v) is 2.89. The van der Waals surface area contributed by atoms with Crippen LogP contribution in [0.1, 0.15) is 13.3 Å². The Bertz CT molecular complexity index is 513. The molecule has 0 spiro atoms. The highest BCUT2D eigenvalue weighted by molar-refractivity contribution is 6.39. The molecule has 2 rings (SSSR count). The fraction of sp³-hybridized carbons (Fsp3) is 0.385. The van der Waals surface area contributed by atoms with Gasteiger partial charge in [-0.25, -0.2) is 0 Å². The van der Waals surface area contributed by atoms with Gasteiger partial charge in [0.2, 0.25) is 6.79 Å². The molecule has 0 saturated heterocycles. The van der Waals surface area contributed by atoms with Crippen LogP contribution in [0.2, 0.25) is 0 Å². The number of aliphatic hydroxyl groups is 1. The van der Waals surface area contributed by atoms with E-state index in [-0.39, 0.29) is 13.4 Å². The number of anilines is 1. The molecule has 0 fully saturated rings. The first-order valence-electron chi connectivity index (χ1n) is 6.26. The van der Waals surface area contributed by atoms with Crippen LogP contribution in [0, 0.1) is 0 Å². The lowest BCUT2D eigenvalue weighted by Gasteiger charge is -2.13. The summed E-state index contributed by atoms with van der Waals surface area (Å²) < 4.78 is 10.3. The molecule has 1 atom stereocenters. The summed E-state index contributed by atoms with van der Waals surface area (Å²) in [5.41, 5.74) is 0.437. The summed E-state index contributed by atoms with van der Waals surface area (Å²) in [6.07, 6.45) is 0.541. The average molecular weight is 280 g/mol. The third kappa shape index (κ3) is 3.18. The average Bonchev–Trinajstić information content (AvgIpc) is 2.91. The van der Waals surface area contributed by atoms with Crippen LogP contribution in [-0.2, 0) is 9.59 Å². The maximum atomic E-state index is 11.7. The van der Waals surface area contributed by atoms with Gasteiger partial charge in [-0.2, -0.15) is 0 Å². The minimum Gasteiger partial charge on any atom is -0.454 e. The molecule has 2 amide bonds. The zero-order valence-electron chi connectivity index (χ0n) is 11.0. The molecular weight excluding hydrogens is 264 g/mol. The first-order valence-corrected chi connectivity index (χ1v) is 6.26. The number of carbonyl (C=O) groups is 2. The summed E-state index contributed by atoms with van der Waals surface area (Å²) in [5, 5.41) is 13.9. The molecule has 1 aromatic carbocycles. The Morgan fingerprint density at radius 3 is 2.75 bits per heavy atom. The number of ether oxygens (including phenoxy) is 2. The van der Waals surface area contributed by atoms with Crippen LogP contribution in [0.15, 0.2) is 18.2 Å². The van der Waals surface area contributed by atoms with Gasteiger partial charge in [0, 0.05) is 11.8 Å². The molecule has 108 valence electrons. The van der Waals surface area contributed by atoms with E-state index in [9.17, 15) is 9.59 Å². The number of aliphatic hydroxyl groups excluding tert-OH is 1. The molecule has 7 heteroatoms. The molecule has 3 N–H and O–H groups in total. The van der Waals surface area contributed by atoms with Gasteiger partial charge in [0.15, 0.2) is 11.5 Å². The van der Waals surface area contributed by atoms with Crippen molar-refractivity contribution in [2.24, 2.45) is 0 Å². The smallest absolute Gasteiger partial charge is 0.313 e. The van der Waals surface area contributed by atoms with Crippen LogP contribution in [0.25, 0.3) is 0 Å². The minimum absolute atomic E-state index is 0.141. The normalized spacial score (nSPS) is 13.7. The highest BCUT2D eigenvalue weighted by Crippen LogP contribution is 2.34. The van der Waals surface area contributed by atoms with Gasteiger partial charge in [0.1, 0.15) is 0 Å². The Labute approximate surface area is 115 Å². The molecule has 0 aromatic heterocycles. The number of hydrogen-bond acceptors (Lipinski definition) is 5. The molecule has 0 bridgehead atoms. The number of nitrogens with one attached hydrogen (secondary N) is 2. The van der Waals surface area contributed by atoms with E-state index in [1.807, 2.05) is 0 Å². The molecular formula is C13H16N2O5. The van der Waals surface area contributed by atoms with Crippen molar-refractivity contribution in [2.45, 2.75) is 19.4 Å². The Balaban J connectivity index is 1.95. The summed E-state index contributed by atoms with van der Waals surface area (Å²) in [6.45, 7) is 1.73. The molecule has 0 radical (unpaired) electrons. The predicted molar refractivity (Wildman–Crippen MR) is 70.5 cm³/mol. The van der Waals surface area contributed by atoms with Crippen LogP contribution < -0.4 is 20.1 Å². The number of rotatable bonds is 4. The van der Waals surface area contributed by atoms with Gasteiger partial charge >= 0.3 is 11.8 Å². The fourth-order valence-electron chi connectivity index (χ4n) is 1.69. The van der Waals surface area contributed by atoms with E-state index >= 15 is 0 Å². The Morgan fingerprint density at radius 1 is 1.30 bits per heavy atom. The molecule has 1 aliphatic heterocycles. The lowest BCUT2D eigenvalue weighted by Crippen LogP contribution is -2.43. The lowest BCUT2D eigenvalue weighted by atomic mass is 10.2. The van der Waals surface area contributed by atoms with Gasteiger partial charge in [-0.3, -0.25) is 9.59 Å². The van der Waals surface area contributed by atoms with E-state index in [0.29, 0.717) is 23.6 Å². The maximum Gasteiger partial charge on any atom is 0.313 e. The topological polar surface area (TPSA) is 96.9 Å². The van der Waals surface area contributed by atoms with Gasteiger partial charge < -0.3 is 25.2 Å². The fourth-order valence-corrected chi connectivity index (χ4v) is 1.69. The molecule has 1 heterocycles. The Kier molecular flexibility index (Phi) is 4.41. The van der Waals surface area contributed by atoms with Crippen LogP contribution in [0.3, 0.4) is 0 Å². The summed E-state index contributed by atoms with van der Waals surface area (Å²) in [4.78, 5) is 23.3. The molecule has 7 nitrogen and oxygen atoms in total. The molecule has 0 aliphatic carbocycles. The quantitative estimate of drug-likeness (QED) is 0.686. The first-order chi connectivity index (χ1) is 9.63. The standard InChI is InChI=1S/C13H16N2O5/c1-2-8(6-16)14-12(17)13(18)15-9-3-4-10-11(5-9)20-7-19-10/h3-5,8,16H,2,6-7H2,1H3,(H,14,17)(H,15,18)/t8-/m0/s1. The zero-order chi connectivity index (χ0) is 14.5. The molecule has 1 aromatic rings. The maximum absolute atomic E-state index is 11.7. The number of benzene rings is 1. The van der Waals surface area contributed by atoms with Crippen LogP contribution in [0.4, 0.5) is 5.69 Å². The van der Waals surface area contributed by atoms with Crippen molar-refractivity contribution >= 4 is 17.5 Å². The van der Waals surface area contributed by atoms with Gasteiger partial charge in [-0.1, -0.05) is 6.92 Å². The minimum atomic E-state index is -0.796. The van der Waals surface area contributed by atoms with Crippen molar-refractivity contribution in [3.05, 3.63) is 18.2 Å². The van der Waals surface area contributed by atoms with Crippen molar-refractivity contribution in [3.8, 4) is 11.5 Å². The second kappa shape index (κ2) is 6.25. The van der Waals surface area contributed by atoms with Gasteiger partial charge in [0.25, 0.3) is 0 Å². The van der Waals surface area contributed by atoms with E-state index in [2.05, 4.69) is 10.6 Å². The second-order valence-corrected chi connectivity index (χ2v) is 4.28. The number of amides is 2. The SMILES string of the molecule is CC[C@@H](CO)NC(=O)C(=O)Nc1ccc2c(c1)OCO2. The lowest BCUT2D eigenvalue weighted by molar-refractivity contribution is -0.136. The highest BCUT2D eigenvalue weighted by atomic mass is 16.7. The van der Waals surface area contributed by atoms with Crippen molar-refractivity contribution < 1.29 is 24.2 Å². The third-order valence-electron chi connectivity index (χ3n) is 2.89. The van der Waals surface area contributed by atoms with E-state index in [1.54, 1.807) is 25.1 Å². The summed E-state index contributed by atoms with van der Waals surface area (Å²) in [6, 6.07) is 4.42. The van der Waals surface area contributed by atoms with Crippen LogP contribution >= 0.6 is 0 Å². The second-order valence-electron chi connectivity index (χ2n) is 4.28. The van der Waals surface area contributed by atoms with Gasteiger partial charge in [-0.15, -0.1) is 0 Å². The van der Waals surface area contributed by atoms with Crippen LogP contribution in [-0.4, -0.2) is 36.4 Å². The molecule has 1 aliphatic rings. The monoisotopic (exact) mass is 280 g/mol.